The third-order valence-corrected chi connectivity index (χ3v) is 5.17. The van der Waals surface area contributed by atoms with Crippen molar-refractivity contribution in [3.05, 3.63) is 48.0 Å². The summed E-state index contributed by atoms with van der Waals surface area (Å²) in [5.74, 6) is 1.93. The predicted octanol–water partition coefficient (Wildman–Crippen LogP) is 2.26. The molecule has 1 fully saturated rings. The van der Waals surface area contributed by atoms with E-state index in [-0.39, 0.29) is 5.91 Å². The number of amides is 1. The van der Waals surface area contributed by atoms with Gasteiger partial charge in [0, 0.05) is 45.3 Å². The van der Waals surface area contributed by atoms with Crippen molar-refractivity contribution in [3.63, 3.8) is 0 Å². The number of nitrogens with zero attached hydrogens (tertiary/aromatic N) is 2. The lowest BCUT2D eigenvalue weighted by molar-refractivity contribution is 0.0944. The van der Waals surface area contributed by atoms with Crippen molar-refractivity contribution in [2.45, 2.75) is 0 Å². The first-order chi connectivity index (χ1) is 14.2. The first-order valence-corrected chi connectivity index (χ1v) is 9.76. The zero-order valence-electron chi connectivity index (χ0n) is 17.3. The van der Waals surface area contributed by atoms with Gasteiger partial charge < -0.3 is 24.4 Å². The summed E-state index contributed by atoms with van der Waals surface area (Å²) in [4.78, 5) is 17.2. The smallest absolute Gasteiger partial charge is 0.255 e. The molecule has 1 saturated heterocycles. The number of piperazine rings is 1. The summed E-state index contributed by atoms with van der Waals surface area (Å²) in [6, 6.07) is 13.3. The molecule has 3 rings (SSSR count). The van der Waals surface area contributed by atoms with Crippen LogP contribution in [0.2, 0.25) is 0 Å². The molecule has 156 valence electrons. The lowest BCUT2D eigenvalue weighted by Crippen LogP contribution is -2.48. The van der Waals surface area contributed by atoms with Gasteiger partial charge >= 0.3 is 0 Å². The Morgan fingerprint density at radius 2 is 1.66 bits per heavy atom. The number of anilines is 1. The van der Waals surface area contributed by atoms with Crippen LogP contribution in [-0.4, -0.2) is 71.4 Å². The van der Waals surface area contributed by atoms with E-state index >= 15 is 0 Å². The number of hydrogen-bond acceptors (Lipinski definition) is 6. The zero-order chi connectivity index (χ0) is 20.6. The monoisotopic (exact) mass is 399 g/mol. The van der Waals surface area contributed by atoms with E-state index < -0.39 is 0 Å². The highest BCUT2D eigenvalue weighted by molar-refractivity contribution is 5.97. The summed E-state index contributed by atoms with van der Waals surface area (Å²) in [5.41, 5.74) is 1.64. The van der Waals surface area contributed by atoms with Crippen LogP contribution in [0.4, 0.5) is 5.69 Å². The molecule has 0 radical (unpaired) electrons. The molecule has 0 aliphatic carbocycles. The maximum Gasteiger partial charge on any atom is 0.255 e. The second kappa shape index (κ2) is 10.0. The van der Waals surface area contributed by atoms with Crippen LogP contribution < -0.4 is 24.4 Å². The number of ether oxygens (including phenoxy) is 3. The van der Waals surface area contributed by atoms with Crippen molar-refractivity contribution >= 4 is 11.6 Å². The Morgan fingerprint density at radius 1 is 0.931 bits per heavy atom. The van der Waals surface area contributed by atoms with E-state index in [1.165, 1.54) is 0 Å². The van der Waals surface area contributed by atoms with Crippen molar-refractivity contribution < 1.29 is 19.0 Å². The van der Waals surface area contributed by atoms with E-state index in [9.17, 15) is 4.79 Å². The van der Waals surface area contributed by atoms with Crippen LogP contribution in [0.3, 0.4) is 0 Å². The highest BCUT2D eigenvalue weighted by Crippen LogP contribution is 2.28. The Bertz CT molecular complexity index is 819. The zero-order valence-corrected chi connectivity index (χ0v) is 17.3. The van der Waals surface area contributed by atoms with Gasteiger partial charge in [0.25, 0.3) is 5.91 Å². The average Bonchev–Trinajstić information content (AvgIpc) is 2.78. The predicted molar refractivity (Wildman–Crippen MR) is 114 cm³/mol. The van der Waals surface area contributed by atoms with Gasteiger partial charge in [0.05, 0.1) is 32.6 Å². The summed E-state index contributed by atoms with van der Waals surface area (Å²) < 4.78 is 16.0. The first-order valence-electron chi connectivity index (χ1n) is 9.76. The molecular formula is C22H29N3O4. The summed E-state index contributed by atoms with van der Waals surface area (Å²) in [7, 11) is 4.84. The SMILES string of the molecule is COc1ccc(C(=O)NCCN2CCN(c3ccccc3OC)CC2)c(OC)c1. The fourth-order valence-corrected chi connectivity index (χ4v) is 3.51. The van der Waals surface area contributed by atoms with Gasteiger partial charge in [-0.15, -0.1) is 0 Å². The van der Waals surface area contributed by atoms with Gasteiger partial charge in [0.15, 0.2) is 0 Å². The molecule has 2 aromatic rings. The lowest BCUT2D eigenvalue weighted by Gasteiger charge is -2.36. The van der Waals surface area contributed by atoms with Crippen LogP contribution in [0, 0.1) is 0 Å². The largest absolute Gasteiger partial charge is 0.497 e. The van der Waals surface area contributed by atoms with Crippen molar-refractivity contribution in [1.82, 2.24) is 10.2 Å². The molecule has 7 nitrogen and oxygen atoms in total. The highest BCUT2D eigenvalue weighted by Gasteiger charge is 2.20. The minimum Gasteiger partial charge on any atom is -0.497 e. The number of carbonyl (C=O) groups excluding carboxylic acids is 1. The van der Waals surface area contributed by atoms with E-state index in [1.54, 1.807) is 39.5 Å². The molecule has 0 spiro atoms. The van der Waals surface area contributed by atoms with Gasteiger partial charge in [-0.2, -0.15) is 0 Å². The molecule has 0 atom stereocenters. The third kappa shape index (κ3) is 5.12. The summed E-state index contributed by atoms with van der Waals surface area (Å²) in [6.07, 6.45) is 0. The van der Waals surface area contributed by atoms with Crippen LogP contribution in [0.25, 0.3) is 0 Å². The van der Waals surface area contributed by atoms with Crippen molar-refractivity contribution in [2.75, 3.05) is 65.5 Å². The molecule has 7 heteroatoms. The molecule has 1 aliphatic heterocycles. The standard InChI is InChI=1S/C22H29N3O4/c1-27-17-8-9-18(21(16-17)29-3)22(26)23-10-11-24-12-14-25(15-13-24)19-6-4-5-7-20(19)28-2/h4-9,16H,10-15H2,1-3H3,(H,23,26). The lowest BCUT2D eigenvalue weighted by atomic mass is 10.1. The topological polar surface area (TPSA) is 63.3 Å². The van der Waals surface area contributed by atoms with Gasteiger partial charge in [-0.1, -0.05) is 12.1 Å². The van der Waals surface area contributed by atoms with Gasteiger partial charge in [-0.3, -0.25) is 9.69 Å². The maximum absolute atomic E-state index is 12.5. The molecule has 0 aromatic heterocycles. The minimum absolute atomic E-state index is 0.142. The van der Waals surface area contributed by atoms with E-state index in [0.29, 0.717) is 23.6 Å². The maximum atomic E-state index is 12.5. The number of nitrogens with one attached hydrogen (secondary N) is 1. The molecule has 2 aromatic carbocycles. The van der Waals surface area contributed by atoms with Crippen molar-refractivity contribution in [2.24, 2.45) is 0 Å². The quantitative estimate of drug-likeness (QED) is 0.735. The van der Waals surface area contributed by atoms with Crippen molar-refractivity contribution in [1.29, 1.82) is 0 Å². The van der Waals surface area contributed by atoms with Crippen molar-refractivity contribution in [3.8, 4) is 17.2 Å². The Balaban J connectivity index is 1.47. The number of benzene rings is 2. The molecular weight excluding hydrogens is 370 g/mol. The van der Waals surface area contributed by atoms with Crippen LogP contribution in [0.1, 0.15) is 10.4 Å². The van der Waals surface area contributed by atoms with E-state index in [4.69, 9.17) is 14.2 Å². The molecule has 0 unspecified atom stereocenters. The van der Waals surface area contributed by atoms with Crippen LogP contribution in [0.15, 0.2) is 42.5 Å². The van der Waals surface area contributed by atoms with Gasteiger partial charge in [0.2, 0.25) is 0 Å². The highest BCUT2D eigenvalue weighted by atomic mass is 16.5. The normalized spacial score (nSPS) is 14.4. The van der Waals surface area contributed by atoms with E-state index in [0.717, 1.165) is 44.2 Å². The molecule has 29 heavy (non-hydrogen) atoms. The molecule has 0 saturated carbocycles. The second-order valence-corrected chi connectivity index (χ2v) is 6.82. The summed E-state index contributed by atoms with van der Waals surface area (Å²) in [5, 5.41) is 2.98. The fourth-order valence-electron chi connectivity index (χ4n) is 3.51. The number of methoxy groups -OCH3 is 3. The van der Waals surface area contributed by atoms with Crippen LogP contribution >= 0.6 is 0 Å². The molecule has 1 heterocycles. The van der Waals surface area contributed by atoms with Crippen LogP contribution in [0.5, 0.6) is 17.2 Å². The van der Waals surface area contributed by atoms with Crippen LogP contribution in [-0.2, 0) is 0 Å². The molecule has 1 amide bonds. The Morgan fingerprint density at radius 3 is 2.34 bits per heavy atom. The Hall–Kier alpha value is -2.93. The Kier molecular flexibility index (Phi) is 7.19. The Labute approximate surface area is 172 Å². The number of rotatable bonds is 8. The second-order valence-electron chi connectivity index (χ2n) is 6.82. The molecule has 1 N–H and O–H groups in total. The number of carbonyl (C=O) groups is 1. The third-order valence-electron chi connectivity index (χ3n) is 5.17. The fraction of sp³-hybridized carbons (Fsp3) is 0.409. The average molecular weight is 399 g/mol. The number of hydrogen-bond donors (Lipinski definition) is 1. The summed E-state index contributed by atoms with van der Waals surface area (Å²) >= 11 is 0. The summed E-state index contributed by atoms with van der Waals surface area (Å²) in [6.45, 7) is 5.15. The van der Waals surface area contributed by atoms with Gasteiger partial charge in [0.1, 0.15) is 17.2 Å². The molecule has 1 aliphatic rings. The minimum atomic E-state index is -0.142. The van der Waals surface area contributed by atoms with E-state index in [2.05, 4.69) is 21.2 Å². The first kappa shape index (κ1) is 20.8. The van der Waals surface area contributed by atoms with Gasteiger partial charge in [-0.25, -0.2) is 0 Å². The van der Waals surface area contributed by atoms with E-state index in [1.807, 2.05) is 18.2 Å². The molecule has 0 bridgehead atoms. The number of para-hydroxylation sites is 2. The van der Waals surface area contributed by atoms with Gasteiger partial charge in [-0.05, 0) is 24.3 Å².